The van der Waals surface area contributed by atoms with Gasteiger partial charge in [-0.3, -0.25) is 9.48 Å². The first-order chi connectivity index (χ1) is 16.2. The van der Waals surface area contributed by atoms with Crippen molar-refractivity contribution in [2.75, 3.05) is 5.32 Å². The maximum absolute atomic E-state index is 13.7. The van der Waals surface area contributed by atoms with Gasteiger partial charge in [0.2, 0.25) is 11.6 Å². The highest BCUT2D eigenvalue weighted by molar-refractivity contribution is 9.10. The molecular formula is C22H13BrClF4N3O3. The lowest BCUT2D eigenvalue weighted by Crippen LogP contribution is -2.12. The molecule has 0 saturated heterocycles. The number of aromatic nitrogens is 2. The zero-order valence-electron chi connectivity index (χ0n) is 16.9. The highest BCUT2D eigenvalue weighted by atomic mass is 79.9. The van der Waals surface area contributed by atoms with Crippen LogP contribution in [-0.4, -0.2) is 15.7 Å². The second kappa shape index (κ2) is 9.90. The standard InChI is InChI=1S/C22H13BrClF4N3O3/c23-14-9-31(8-11-1-3-12(24)4-2-11)30-21(14)29-22(32)17-6-5-13(34-17)10-33-20-18(27)15(25)7-16(26)19(20)28/h1-7,9H,8,10H2,(H,29,30,32). The molecule has 2 aromatic carbocycles. The predicted molar refractivity (Wildman–Crippen MR) is 118 cm³/mol. The molecule has 1 N–H and O–H groups in total. The number of carbonyl (C=O) groups excluding carboxylic acids is 1. The number of amides is 1. The number of nitrogens with zero attached hydrogens (tertiary/aromatic N) is 2. The summed E-state index contributed by atoms with van der Waals surface area (Å²) in [6.45, 7) is -0.148. The van der Waals surface area contributed by atoms with E-state index in [1.165, 1.54) is 12.1 Å². The number of anilines is 1. The SMILES string of the molecule is O=C(Nc1nn(Cc2ccc(Cl)cc2)cc1Br)c1ccc(COc2c(F)c(F)cc(F)c2F)o1. The molecule has 0 aliphatic rings. The number of halogens is 6. The normalized spacial score (nSPS) is 11.0. The first-order valence-electron chi connectivity index (χ1n) is 9.54. The van der Waals surface area contributed by atoms with Crippen LogP contribution in [-0.2, 0) is 13.2 Å². The number of furan rings is 1. The molecule has 4 aromatic rings. The van der Waals surface area contributed by atoms with E-state index >= 15 is 0 Å². The van der Waals surface area contributed by atoms with Gasteiger partial charge in [-0.05, 0) is 45.8 Å². The lowest BCUT2D eigenvalue weighted by Gasteiger charge is -2.08. The van der Waals surface area contributed by atoms with Crippen LogP contribution in [0.15, 0.2) is 57.6 Å². The molecule has 12 heteroatoms. The van der Waals surface area contributed by atoms with Gasteiger partial charge in [0.15, 0.2) is 29.0 Å². The average molecular weight is 559 g/mol. The smallest absolute Gasteiger partial charge is 0.292 e. The molecule has 0 spiro atoms. The fraction of sp³-hybridized carbons (Fsp3) is 0.0909. The van der Waals surface area contributed by atoms with E-state index in [4.69, 9.17) is 20.8 Å². The van der Waals surface area contributed by atoms with Gasteiger partial charge < -0.3 is 14.5 Å². The zero-order valence-corrected chi connectivity index (χ0v) is 19.3. The summed E-state index contributed by atoms with van der Waals surface area (Å²) in [5.74, 6) is -8.38. The molecule has 6 nitrogen and oxygen atoms in total. The van der Waals surface area contributed by atoms with Gasteiger partial charge >= 0.3 is 0 Å². The quantitative estimate of drug-likeness (QED) is 0.213. The van der Waals surface area contributed by atoms with Gasteiger partial charge in [0.25, 0.3) is 5.91 Å². The van der Waals surface area contributed by atoms with Crippen molar-refractivity contribution in [3.8, 4) is 5.75 Å². The Morgan fingerprint density at radius 2 is 1.76 bits per heavy atom. The molecule has 2 heterocycles. The van der Waals surface area contributed by atoms with Crippen molar-refractivity contribution in [2.24, 2.45) is 0 Å². The Hall–Kier alpha value is -3.31. The Bertz CT molecular complexity index is 1330. The lowest BCUT2D eigenvalue weighted by atomic mass is 10.2. The summed E-state index contributed by atoms with van der Waals surface area (Å²) in [6, 6.07) is 9.88. The number of hydrogen-bond acceptors (Lipinski definition) is 4. The van der Waals surface area contributed by atoms with Crippen molar-refractivity contribution >= 4 is 39.3 Å². The Balaban J connectivity index is 1.40. The van der Waals surface area contributed by atoms with Crippen LogP contribution in [0, 0.1) is 23.3 Å². The van der Waals surface area contributed by atoms with Gasteiger partial charge in [-0.1, -0.05) is 23.7 Å². The monoisotopic (exact) mass is 557 g/mol. The lowest BCUT2D eigenvalue weighted by molar-refractivity contribution is 0.0991. The minimum Gasteiger partial charge on any atom is -0.479 e. The minimum absolute atomic E-state index is 0.0130. The number of carbonyl (C=O) groups is 1. The van der Waals surface area contributed by atoms with Gasteiger partial charge in [-0.25, -0.2) is 8.78 Å². The van der Waals surface area contributed by atoms with E-state index in [0.29, 0.717) is 16.0 Å². The van der Waals surface area contributed by atoms with E-state index in [1.807, 2.05) is 12.1 Å². The van der Waals surface area contributed by atoms with Crippen molar-refractivity contribution in [1.82, 2.24) is 9.78 Å². The zero-order chi connectivity index (χ0) is 24.4. The molecule has 2 aromatic heterocycles. The van der Waals surface area contributed by atoms with Crippen molar-refractivity contribution in [2.45, 2.75) is 13.2 Å². The van der Waals surface area contributed by atoms with Crippen molar-refractivity contribution < 1.29 is 31.5 Å². The maximum Gasteiger partial charge on any atom is 0.292 e. The van der Waals surface area contributed by atoms with Crippen molar-refractivity contribution in [3.05, 3.63) is 98.5 Å². The number of ether oxygens (including phenoxy) is 1. The van der Waals surface area contributed by atoms with Crippen LogP contribution in [0.5, 0.6) is 5.75 Å². The number of benzene rings is 2. The largest absolute Gasteiger partial charge is 0.479 e. The van der Waals surface area contributed by atoms with Crippen LogP contribution >= 0.6 is 27.5 Å². The molecule has 34 heavy (non-hydrogen) atoms. The average Bonchev–Trinajstić information content (AvgIpc) is 3.40. The van der Waals surface area contributed by atoms with Crippen LogP contribution < -0.4 is 10.1 Å². The number of hydrogen-bond donors (Lipinski definition) is 1. The van der Waals surface area contributed by atoms with Crippen LogP contribution in [0.4, 0.5) is 23.4 Å². The Morgan fingerprint density at radius 3 is 2.44 bits per heavy atom. The van der Waals surface area contributed by atoms with Gasteiger partial charge in [-0.2, -0.15) is 13.9 Å². The molecule has 1 amide bonds. The van der Waals surface area contributed by atoms with Crippen molar-refractivity contribution in [3.63, 3.8) is 0 Å². The van der Waals surface area contributed by atoms with Crippen molar-refractivity contribution in [1.29, 1.82) is 0 Å². The summed E-state index contributed by atoms with van der Waals surface area (Å²) < 4.78 is 66.2. The topological polar surface area (TPSA) is 69.3 Å². The predicted octanol–water partition coefficient (Wildman–Crippen LogP) is 6.33. The van der Waals surface area contributed by atoms with E-state index in [2.05, 4.69) is 26.3 Å². The molecule has 0 saturated carbocycles. The second-order valence-electron chi connectivity index (χ2n) is 6.96. The number of rotatable bonds is 7. The molecule has 0 aliphatic carbocycles. The van der Waals surface area contributed by atoms with E-state index in [-0.39, 0.29) is 23.4 Å². The Labute approximate surface area is 203 Å². The summed E-state index contributed by atoms with van der Waals surface area (Å²) >= 11 is 9.20. The van der Waals surface area contributed by atoms with Crippen LogP contribution in [0.2, 0.25) is 5.02 Å². The molecule has 4 rings (SSSR count). The van der Waals surface area contributed by atoms with Crippen LogP contribution in [0.3, 0.4) is 0 Å². The third-order valence-electron chi connectivity index (χ3n) is 4.52. The summed E-state index contributed by atoms with van der Waals surface area (Å²) in [7, 11) is 0. The molecule has 0 fully saturated rings. The van der Waals surface area contributed by atoms with Gasteiger partial charge in [0.05, 0.1) is 11.0 Å². The molecule has 0 atom stereocenters. The summed E-state index contributed by atoms with van der Waals surface area (Å²) in [5, 5.41) is 7.48. The highest BCUT2D eigenvalue weighted by Gasteiger charge is 2.22. The number of nitrogens with one attached hydrogen (secondary N) is 1. The van der Waals surface area contributed by atoms with Gasteiger partial charge in [0.1, 0.15) is 12.4 Å². The Morgan fingerprint density at radius 1 is 1.09 bits per heavy atom. The second-order valence-corrected chi connectivity index (χ2v) is 8.25. The summed E-state index contributed by atoms with van der Waals surface area (Å²) in [4.78, 5) is 12.5. The van der Waals surface area contributed by atoms with Gasteiger partial charge in [0, 0.05) is 17.3 Å². The first-order valence-corrected chi connectivity index (χ1v) is 10.7. The van der Waals surface area contributed by atoms with E-state index in [9.17, 15) is 22.4 Å². The third-order valence-corrected chi connectivity index (χ3v) is 5.35. The molecule has 0 aliphatic heterocycles. The van der Waals surface area contributed by atoms with E-state index in [0.717, 1.165) is 5.56 Å². The molecular weight excluding hydrogens is 546 g/mol. The fourth-order valence-corrected chi connectivity index (χ4v) is 3.45. The van der Waals surface area contributed by atoms with Crippen LogP contribution in [0.1, 0.15) is 21.9 Å². The first kappa shape index (κ1) is 23.8. The molecule has 0 unspecified atom stereocenters. The van der Waals surface area contributed by atoms with Crippen LogP contribution in [0.25, 0.3) is 0 Å². The Kier molecular flexibility index (Phi) is 6.94. The van der Waals surface area contributed by atoms with Gasteiger partial charge in [-0.15, -0.1) is 0 Å². The summed E-state index contributed by atoms with van der Waals surface area (Å²) in [5.41, 5.74) is 0.944. The molecule has 176 valence electrons. The third kappa shape index (κ3) is 5.26. The van der Waals surface area contributed by atoms with E-state index in [1.54, 1.807) is 23.0 Å². The maximum atomic E-state index is 13.7. The minimum atomic E-state index is -1.68. The fourth-order valence-electron chi connectivity index (χ4n) is 2.91. The summed E-state index contributed by atoms with van der Waals surface area (Å²) in [6.07, 6.45) is 1.67. The molecule has 0 radical (unpaired) electrons. The van der Waals surface area contributed by atoms with E-state index < -0.39 is 41.5 Å². The molecule has 0 bridgehead atoms. The highest BCUT2D eigenvalue weighted by Crippen LogP contribution is 2.28.